The zero-order valence-electron chi connectivity index (χ0n) is 11.9. The van der Waals surface area contributed by atoms with E-state index in [0.717, 1.165) is 0 Å². The van der Waals surface area contributed by atoms with E-state index in [0.29, 0.717) is 0 Å². The van der Waals surface area contributed by atoms with Crippen LogP contribution in [0.2, 0.25) is 0 Å². The van der Waals surface area contributed by atoms with Crippen LogP contribution >= 0.6 is 7.82 Å². The van der Waals surface area contributed by atoms with Crippen molar-refractivity contribution in [1.29, 1.82) is 0 Å². The normalized spacial score (nSPS) is 4.92. The molecule has 0 aliphatic rings. The molecule has 4 nitrogen and oxygen atoms in total. The Bertz CT molecular complexity index is 84.2. The molecule has 0 heterocycles. The number of phosphoric acid groups is 1. The fraction of sp³-hybridized carbons (Fsp3) is 0. The standard InChI is InChI=1S/2Ca.FH.4K.H3O4P.4H/c;;;;;;;1-5(2,3)4;;;;/h;;1H;;;;;(H3,1,2,3,4);;;;/q2*+2;;4*+1;;4*-1/p-4. The molecular formula is H4Ca2FK4O4P. The number of halogens is 1. The Morgan fingerprint density at radius 1 is 0.833 bits per heavy atom. The molecule has 0 fully saturated rings. The van der Waals surface area contributed by atoms with E-state index >= 15 is 0 Å². The number of rotatable bonds is 0. The van der Waals surface area contributed by atoms with Crippen molar-refractivity contribution in [2.24, 2.45) is 0 Å². The maximum absolute atomic E-state index is 8.55. The Hall–Kier alpha value is 9.10. The molecule has 0 saturated carbocycles. The molecule has 0 aliphatic carbocycles. The Balaban J connectivity index is -0.00000000145. The van der Waals surface area contributed by atoms with Crippen molar-refractivity contribution < 1.29 is 235 Å². The van der Waals surface area contributed by atoms with Gasteiger partial charge < -0.3 is 29.7 Å². The van der Waals surface area contributed by atoms with Gasteiger partial charge in [-0.25, -0.2) is 0 Å². The summed E-state index contributed by atoms with van der Waals surface area (Å²) in [6, 6.07) is 0. The van der Waals surface area contributed by atoms with Crippen LogP contribution in [0.25, 0.3) is 0 Å². The van der Waals surface area contributed by atoms with Crippen molar-refractivity contribution >= 4 is 83.3 Å². The molecule has 0 atom stereocenters. The molecule has 0 radical (unpaired) electrons. The maximum Gasteiger partial charge on any atom is 2.00 e. The molecular weight excluding hydrogens is 351 g/mol. The second-order valence-corrected chi connectivity index (χ2v) is 1.34. The van der Waals surface area contributed by atoms with Crippen molar-refractivity contribution in [2.45, 2.75) is 0 Å². The molecule has 0 aromatic carbocycles. The molecule has 0 bridgehead atoms. The predicted octanol–water partition coefficient (Wildman–Crippen LogP) is -18.1. The molecule has 48 valence electrons. The van der Waals surface area contributed by atoms with E-state index in [4.69, 9.17) is 19.2 Å². The quantitative estimate of drug-likeness (QED) is 0.319. The molecule has 0 aromatic heterocycles. The van der Waals surface area contributed by atoms with Gasteiger partial charge in [-0.3, -0.25) is 0 Å². The van der Waals surface area contributed by atoms with Gasteiger partial charge in [-0.15, -0.1) is 0 Å². The van der Waals surface area contributed by atoms with Crippen LogP contribution in [0, 0.1) is 0 Å². The Morgan fingerprint density at radius 3 is 0.833 bits per heavy atom. The van der Waals surface area contributed by atoms with Crippen LogP contribution in [0.1, 0.15) is 5.71 Å². The summed E-state index contributed by atoms with van der Waals surface area (Å²) < 4.78 is 8.55. The molecule has 0 N–H and O–H groups in total. The smallest absolute Gasteiger partial charge is 1.00 e. The van der Waals surface area contributed by atoms with E-state index in [1.807, 2.05) is 0 Å². The first kappa shape index (κ1) is 49.7. The van der Waals surface area contributed by atoms with Gasteiger partial charge in [-0.2, -0.15) is 7.82 Å². The van der Waals surface area contributed by atoms with E-state index in [1.54, 1.807) is 0 Å². The molecule has 0 spiro atoms. The molecule has 12 heavy (non-hydrogen) atoms. The third-order valence-electron chi connectivity index (χ3n) is 0. The minimum Gasteiger partial charge on any atom is -1.00 e. The Morgan fingerprint density at radius 2 is 0.833 bits per heavy atom. The van der Waals surface area contributed by atoms with Gasteiger partial charge in [0.2, 0.25) is 0 Å². The van der Waals surface area contributed by atoms with E-state index in [-0.39, 0.29) is 291 Å². The summed E-state index contributed by atoms with van der Waals surface area (Å²) in [5.74, 6) is 0. The van der Waals surface area contributed by atoms with Crippen LogP contribution in [0.4, 0.5) is 0 Å². The van der Waals surface area contributed by atoms with Crippen LogP contribution in [0.15, 0.2) is 0 Å². The first-order chi connectivity index (χ1) is 2.00. The maximum atomic E-state index is 8.55. The summed E-state index contributed by atoms with van der Waals surface area (Å²) in [4.78, 5) is 25.6. The van der Waals surface area contributed by atoms with Gasteiger partial charge in [0, 0.05) is 0 Å². The summed E-state index contributed by atoms with van der Waals surface area (Å²) in [7, 11) is -5.39. The second-order valence-electron chi connectivity index (χ2n) is 0.447. The minimum absolute atomic E-state index is 0. The minimum atomic E-state index is -5.39. The van der Waals surface area contributed by atoms with Crippen molar-refractivity contribution in [1.82, 2.24) is 0 Å². The largest absolute Gasteiger partial charge is 2.00 e. The first-order valence-corrected chi connectivity index (χ1v) is 2.19. The average Bonchev–Trinajstić information content (AvgIpc) is 0.722. The van der Waals surface area contributed by atoms with Crippen molar-refractivity contribution in [3.63, 3.8) is 0 Å². The summed E-state index contributed by atoms with van der Waals surface area (Å²) >= 11 is 0. The fourth-order valence-corrected chi connectivity index (χ4v) is 0. The van der Waals surface area contributed by atoms with Crippen LogP contribution in [0.5, 0.6) is 0 Å². The average molecular weight is 355 g/mol. The van der Waals surface area contributed by atoms with Crippen molar-refractivity contribution in [3.8, 4) is 0 Å². The molecule has 0 aromatic rings. The SMILES string of the molecule is O=P([O-])([O-])[O-].[Ca+2].[Ca+2].[F-].[H-].[H-].[H-].[H-].[K+].[K+].[K+].[K+]. The number of hydrogen-bond donors (Lipinski definition) is 0. The summed E-state index contributed by atoms with van der Waals surface area (Å²) in [5, 5.41) is 0. The van der Waals surface area contributed by atoms with E-state index < -0.39 is 7.82 Å². The molecule has 12 heteroatoms. The van der Waals surface area contributed by atoms with Gasteiger partial charge in [-0.05, 0) is 0 Å². The van der Waals surface area contributed by atoms with Gasteiger partial charge in [-0.1, -0.05) is 0 Å². The summed E-state index contributed by atoms with van der Waals surface area (Å²) in [6.45, 7) is 0. The topological polar surface area (TPSA) is 86.2 Å². The molecule has 0 amide bonds. The Labute approximate surface area is 307 Å². The Kier molecular flexibility index (Phi) is 133. The van der Waals surface area contributed by atoms with Gasteiger partial charge in [0.15, 0.2) is 0 Å². The monoisotopic (exact) mass is 354 g/mol. The molecule has 0 aliphatic heterocycles. The first-order valence-electron chi connectivity index (χ1n) is 0.730. The third-order valence-corrected chi connectivity index (χ3v) is 0. The summed E-state index contributed by atoms with van der Waals surface area (Å²) in [5.41, 5.74) is 0. The predicted molar refractivity (Wildman–Crippen MR) is 23.6 cm³/mol. The third kappa shape index (κ3) is 75.5. The van der Waals surface area contributed by atoms with Gasteiger partial charge in [0.05, 0.1) is 0 Å². The zero-order valence-corrected chi connectivity index (χ0v) is 25.7. The van der Waals surface area contributed by atoms with Crippen LogP contribution in [-0.2, 0) is 4.57 Å². The van der Waals surface area contributed by atoms with Crippen LogP contribution in [-0.4, -0.2) is 75.5 Å². The van der Waals surface area contributed by atoms with Gasteiger partial charge >= 0.3 is 281 Å². The zero-order chi connectivity index (χ0) is 4.50. The summed E-state index contributed by atoms with van der Waals surface area (Å²) in [6.07, 6.45) is 0. The number of hydrogen-bond acceptors (Lipinski definition) is 4. The van der Waals surface area contributed by atoms with E-state index in [2.05, 4.69) is 0 Å². The second kappa shape index (κ2) is 32.2. The van der Waals surface area contributed by atoms with E-state index in [9.17, 15) is 0 Å². The fourth-order valence-electron chi connectivity index (χ4n) is 0. The molecule has 0 rings (SSSR count). The van der Waals surface area contributed by atoms with Crippen molar-refractivity contribution in [2.75, 3.05) is 0 Å². The van der Waals surface area contributed by atoms with Crippen LogP contribution in [0.3, 0.4) is 0 Å². The van der Waals surface area contributed by atoms with E-state index in [1.165, 1.54) is 0 Å². The van der Waals surface area contributed by atoms with Crippen molar-refractivity contribution in [3.05, 3.63) is 0 Å². The molecule has 0 saturated heterocycles. The van der Waals surface area contributed by atoms with Crippen LogP contribution < -0.4 is 225 Å². The van der Waals surface area contributed by atoms with Gasteiger partial charge in [0.25, 0.3) is 0 Å². The van der Waals surface area contributed by atoms with Gasteiger partial charge in [0.1, 0.15) is 0 Å². The molecule has 0 unspecified atom stereocenters.